The second-order valence-corrected chi connectivity index (χ2v) is 6.88. The Morgan fingerprint density at radius 3 is 2.75 bits per heavy atom. The number of hydrogen-bond acceptors (Lipinski definition) is 3. The lowest BCUT2D eigenvalue weighted by atomic mass is 10.00. The van der Waals surface area contributed by atoms with Crippen molar-refractivity contribution >= 4 is 27.4 Å². The number of nitrogens with one attached hydrogen (secondary N) is 1. The molecule has 0 saturated heterocycles. The van der Waals surface area contributed by atoms with E-state index in [0.29, 0.717) is 11.4 Å². The van der Waals surface area contributed by atoms with Crippen LogP contribution in [0.25, 0.3) is 10.1 Å². The maximum Gasteiger partial charge on any atom is 0.346 e. The SMILES string of the molecule is CC1(NCc2c(C(=O)O)sc3ccccc23)CCCC1. The Bertz CT molecular complexity index is 641. The molecule has 1 aromatic heterocycles. The van der Waals surface area contributed by atoms with E-state index in [9.17, 15) is 9.90 Å². The molecule has 1 aliphatic carbocycles. The van der Waals surface area contributed by atoms with Gasteiger partial charge < -0.3 is 10.4 Å². The van der Waals surface area contributed by atoms with Crippen LogP contribution >= 0.6 is 11.3 Å². The van der Waals surface area contributed by atoms with E-state index in [-0.39, 0.29) is 5.54 Å². The van der Waals surface area contributed by atoms with Crippen LogP contribution < -0.4 is 5.32 Å². The lowest BCUT2D eigenvalue weighted by Crippen LogP contribution is -2.39. The van der Waals surface area contributed by atoms with Gasteiger partial charge in [0.15, 0.2) is 0 Å². The molecule has 0 atom stereocenters. The Morgan fingerprint density at radius 2 is 2.05 bits per heavy atom. The summed E-state index contributed by atoms with van der Waals surface area (Å²) >= 11 is 1.37. The molecule has 0 bridgehead atoms. The van der Waals surface area contributed by atoms with Crippen LogP contribution in [0.3, 0.4) is 0 Å². The largest absolute Gasteiger partial charge is 0.477 e. The standard InChI is InChI=1S/C16H19NO2S/c1-16(8-4-5-9-16)17-10-12-11-6-2-3-7-13(11)20-14(12)15(18)19/h2-3,6-7,17H,4-5,8-10H2,1H3,(H,18,19). The van der Waals surface area contributed by atoms with Gasteiger partial charge in [0.1, 0.15) is 4.88 Å². The van der Waals surface area contributed by atoms with Crippen molar-refractivity contribution in [1.29, 1.82) is 0 Å². The second kappa shape index (κ2) is 5.19. The Morgan fingerprint density at radius 1 is 1.35 bits per heavy atom. The molecular weight excluding hydrogens is 270 g/mol. The summed E-state index contributed by atoms with van der Waals surface area (Å²) in [5.41, 5.74) is 1.10. The summed E-state index contributed by atoms with van der Waals surface area (Å²) in [6.07, 6.45) is 4.88. The molecule has 3 nitrogen and oxygen atoms in total. The summed E-state index contributed by atoms with van der Waals surface area (Å²) in [4.78, 5) is 11.9. The number of thiophene rings is 1. The van der Waals surface area contributed by atoms with E-state index in [1.807, 2.05) is 24.3 Å². The molecule has 2 aromatic rings. The fourth-order valence-electron chi connectivity index (χ4n) is 3.08. The van der Waals surface area contributed by atoms with Gasteiger partial charge in [0.25, 0.3) is 0 Å². The number of aromatic carboxylic acids is 1. The van der Waals surface area contributed by atoms with Crippen molar-refractivity contribution in [2.75, 3.05) is 0 Å². The van der Waals surface area contributed by atoms with E-state index in [1.165, 1.54) is 37.0 Å². The zero-order valence-electron chi connectivity index (χ0n) is 11.6. The minimum Gasteiger partial charge on any atom is -0.477 e. The summed E-state index contributed by atoms with van der Waals surface area (Å²) in [5, 5.41) is 14.1. The van der Waals surface area contributed by atoms with Gasteiger partial charge in [-0.15, -0.1) is 11.3 Å². The highest BCUT2D eigenvalue weighted by molar-refractivity contribution is 7.21. The Hall–Kier alpha value is -1.39. The molecule has 2 N–H and O–H groups in total. The molecule has 1 aliphatic rings. The minimum atomic E-state index is -0.820. The average Bonchev–Trinajstić information content (AvgIpc) is 3.01. The Labute approximate surface area is 122 Å². The molecule has 1 heterocycles. The van der Waals surface area contributed by atoms with Crippen LogP contribution in [-0.4, -0.2) is 16.6 Å². The number of fused-ring (bicyclic) bond motifs is 1. The topological polar surface area (TPSA) is 49.3 Å². The third-order valence-corrected chi connectivity index (χ3v) is 5.49. The molecule has 1 saturated carbocycles. The zero-order chi connectivity index (χ0) is 14.2. The number of hydrogen-bond donors (Lipinski definition) is 2. The molecule has 0 spiro atoms. The molecule has 106 valence electrons. The number of carboxylic acids is 1. The van der Waals surface area contributed by atoms with Crippen molar-refractivity contribution in [3.8, 4) is 0 Å². The summed E-state index contributed by atoms with van der Waals surface area (Å²) < 4.78 is 1.05. The first-order valence-corrected chi connectivity index (χ1v) is 7.89. The number of benzene rings is 1. The summed E-state index contributed by atoms with van der Waals surface area (Å²) in [5.74, 6) is -0.820. The maximum absolute atomic E-state index is 11.4. The lowest BCUT2D eigenvalue weighted by molar-refractivity contribution is 0.0701. The molecule has 1 fully saturated rings. The monoisotopic (exact) mass is 289 g/mol. The highest BCUT2D eigenvalue weighted by Crippen LogP contribution is 2.33. The molecule has 3 rings (SSSR count). The Kier molecular flexibility index (Phi) is 3.52. The Balaban J connectivity index is 1.92. The predicted octanol–water partition coefficient (Wildman–Crippen LogP) is 4.02. The van der Waals surface area contributed by atoms with Crippen LogP contribution in [0.1, 0.15) is 47.8 Å². The first kappa shape index (κ1) is 13.6. The van der Waals surface area contributed by atoms with E-state index in [1.54, 1.807) is 0 Å². The number of rotatable bonds is 4. The van der Waals surface area contributed by atoms with Gasteiger partial charge in [0, 0.05) is 16.8 Å². The van der Waals surface area contributed by atoms with Gasteiger partial charge in [-0.3, -0.25) is 0 Å². The molecule has 0 unspecified atom stereocenters. The van der Waals surface area contributed by atoms with Crippen LogP contribution in [0.5, 0.6) is 0 Å². The molecule has 0 aliphatic heterocycles. The van der Waals surface area contributed by atoms with E-state index in [0.717, 1.165) is 15.6 Å². The third-order valence-electron chi connectivity index (χ3n) is 4.29. The van der Waals surface area contributed by atoms with E-state index in [4.69, 9.17) is 0 Å². The molecular formula is C16H19NO2S. The van der Waals surface area contributed by atoms with E-state index < -0.39 is 5.97 Å². The summed E-state index contributed by atoms with van der Waals surface area (Å²) in [6.45, 7) is 2.89. The van der Waals surface area contributed by atoms with Crippen molar-refractivity contribution in [3.63, 3.8) is 0 Å². The van der Waals surface area contributed by atoms with Crippen molar-refractivity contribution in [3.05, 3.63) is 34.7 Å². The third kappa shape index (κ3) is 2.45. The van der Waals surface area contributed by atoms with Gasteiger partial charge in [-0.25, -0.2) is 4.79 Å². The van der Waals surface area contributed by atoms with Crippen molar-refractivity contribution in [2.24, 2.45) is 0 Å². The van der Waals surface area contributed by atoms with Crippen LogP contribution in [-0.2, 0) is 6.54 Å². The summed E-state index contributed by atoms with van der Waals surface area (Å²) in [6, 6.07) is 7.95. The van der Waals surface area contributed by atoms with Crippen LogP contribution in [0, 0.1) is 0 Å². The molecule has 0 radical (unpaired) electrons. The minimum absolute atomic E-state index is 0.165. The van der Waals surface area contributed by atoms with E-state index in [2.05, 4.69) is 12.2 Å². The molecule has 20 heavy (non-hydrogen) atoms. The van der Waals surface area contributed by atoms with Gasteiger partial charge >= 0.3 is 5.97 Å². The quantitative estimate of drug-likeness (QED) is 0.893. The fraction of sp³-hybridized carbons (Fsp3) is 0.438. The van der Waals surface area contributed by atoms with E-state index >= 15 is 0 Å². The molecule has 0 amide bonds. The van der Waals surface area contributed by atoms with Crippen molar-refractivity contribution in [1.82, 2.24) is 5.32 Å². The van der Waals surface area contributed by atoms with Gasteiger partial charge in [-0.1, -0.05) is 31.0 Å². The lowest BCUT2D eigenvalue weighted by Gasteiger charge is -2.25. The first-order chi connectivity index (χ1) is 9.59. The molecule has 4 heteroatoms. The first-order valence-electron chi connectivity index (χ1n) is 7.08. The predicted molar refractivity (Wildman–Crippen MR) is 82.5 cm³/mol. The van der Waals surface area contributed by atoms with Crippen LogP contribution in [0.2, 0.25) is 0 Å². The van der Waals surface area contributed by atoms with Crippen molar-refractivity contribution in [2.45, 2.75) is 44.7 Å². The maximum atomic E-state index is 11.4. The highest BCUT2D eigenvalue weighted by atomic mass is 32.1. The van der Waals surface area contributed by atoms with Gasteiger partial charge in [0.2, 0.25) is 0 Å². The molecule has 1 aromatic carbocycles. The second-order valence-electron chi connectivity index (χ2n) is 5.83. The van der Waals surface area contributed by atoms with Gasteiger partial charge in [-0.2, -0.15) is 0 Å². The smallest absolute Gasteiger partial charge is 0.346 e. The van der Waals surface area contributed by atoms with Gasteiger partial charge in [0.05, 0.1) is 0 Å². The normalized spacial score (nSPS) is 17.6. The van der Waals surface area contributed by atoms with Crippen LogP contribution in [0.15, 0.2) is 24.3 Å². The average molecular weight is 289 g/mol. The van der Waals surface area contributed by atoms with Crippen LogP contribution in [0.4, 0.5) is 0 Å². The van der Waals surface area contributed by atoms with Gasteiger partial charge in [-0.05, 0) is 36.8 Å². The summed E-state index contributed by atoms with van der Waals surface area (Å²) in [7, 11) is 0. The highest BCUT2D eigenvalue weighted by Gasteiger charge is 2.28. The fourth-order valence-corrected chi connectivity index (χ4v) is 4.14. The zero-order valence-corrected chi connectivity index (χ0v) is 12.4. The number of carboxylic acid groups (broad SMARTS) is 1. The van der Waals surface area contributed by atoms with Crippen molar-refractivity contribution < 1.29 is 9.90 Å². The number of carbonyl (C=O) groups is 1.